The summed E-state index contributed by atoms with van der Waals surface area (Å²) in [4.78, 5) is 30.4. The average molecular weight is 336 g/mol. The normalized spacial score (nSPS) is 10.6. The maximum atomic E-state index is 11.4. The van der Waals surface area contributed by atoms with E-state index in [1.165, 1.54) is 13.3 Å². The van der Waals surface area contributed by atoms with Crippen molar-refractivity contribution in [2.24, 2.45) is 0 Å². The zero-order chi connectivity index (χ0) is 17.0. The Hall–Kier alpha value is -2.55. The van der Waals surface area contributed by atoms with Gasteiger partial charge in [0.25, 0.3) is 0 Å². The number of anilines is 1. The Morgan fingerprint density at radius 3 is 2.83 bits per heavy atom. The number of esters is 1. The third-order valence-corrected chi connectivity index (χ3v) is 4.18. The Morgan fingerprint density at radius 2 is 2.26 bits per heavy atom. The molecule has 0 saturated heterocycles. The van der Waals surface area contributed by atoms with E-state index in [1.54, 1.807) is 11.3 Å². The summed E-state index contributed by atoms with van der Waals surface area (Å²) in [5.74, 6) is -0.254. The molecular formula is C14H16N4O4S. The van der Waals surface area contributed by atoms with Crippen LogP contribution in [0.3, 0.4) is 0 Å². The van der Waals surface area contributed by atoms with Crippen LogP contribution in [-0.2, 0) is 11.3 Å². The van der Waals surface area contributed by atoms with E-state index in [4.69, 9.17) is 0 Å². The minimum absolute atomic E-state index is 0.0282. The van der Waals surface area contributed by atoms with E-state index in [1.807, 2.05) is 19.2 Å². The highest BCUT2D eigenvalue weighted by molar-refractivity contribution is 7.09. The molecule has 9 heteroatoms. The zero-order valence-corrected chi connectivity index (χ0v) is 13.7. The van der Waals surface area contributed by atoms with Gasteiger partial charge in [0.1, 0.15) is 0 Å². The van der Waals surface area contributed by atoms with Crippen molar-refractivity contribution in [1.29, 1.82) is 0 Å². The molecule has 23 heavy (non-hydrogen) atoms. The summed E-state index contributed by atoms with van der Waals surface area (Å²) in [6.07, 6.45) is 1.24. The van der Waals surface area contributed by atoms with Gasteiger partial charge in [0.05, 0.1) is 34.8 Å². The molecule has 2 aromatic heterocycles. The zero-order valence-electron chi connectivity index (χ0n) is 12.9. The summed E-state index contributed by atoms with van der Waals surface area (Å²) in [7, 11) is 1.20. The van der Waals surface area contributed by atoms with Crippen LogP contribution < -0.4 is 5.32 Å². The number of nitrogens with one attached hydrogen (secondary N) is 1. The SMILES string of the molecule is COC(=O)c1cnc(NCc2csc(C(C)C)n2)c([N+](=O)[O-])c1. The Morgan fingerprint density at radius 1 is 1.52 bits per heavy atom. The Labute approximate surface area is 136 Å². The van der Waals surface area contributed by atoms with Crippen LogP contribution in [0.2, 0.25) is 0 Å². The number of ether oxygens (including phenoxy) is 1. The summed E-state index contributed by atoms with van der Waals surface area (Å²) >= 11 is 1.55. The standard InChI is InChI=1S/C14H16N4O4S/c1-8(2)13-17-10(7-23-13)6-16-12-11(18(20)21)4-9(5-15-12)14(19)22-3/h4-5,7-8H,6H2,1-3H3,(H,15,16). The van der Waals surface area contributed by atoms with Crippen molar-refractivity contribution in [3.05, 3.63) is 44.0 Å². The monoisotopic (exact) mass is 336 g/mol. The fraction of sp³-hybridized carbons (Fsp3) is 0.357. The third kappa shape index (κ3) is 4.01. The molecular weight excluding hydrogens is 320 g/mol. The van der Waals surface area contributed by atoms with Gasteiger partial charge in [0, 0.05) is 23.6 Å². The number of carbonyl (C=O) groups excluding carboxylic acids is 1. The number of rotatable bonds is 6. The molecule has 0 unspecified atom stereocenters. The van der Waals surface area contributed by atoms with Crippen LogP contribution in [0.25, 0.3) is 0 Å². The number of hydrogen-bond acceptors (Lipinski definition) is 8. The molecule has 122 valence electrons. The van der Waals surface area contributed by atoms with E-state index in [2.05, 4.69) is 20.0 Å². The number of nitrogens with zero attached hydrogens (tertiary/aromatic N) is 3. The minimum atomic E-state index is -0.673. The van der Waals surface area contributed by atoms with E-state index < -0.39 is 10.9 Å². The van der Waals surface area contributed by atoms with Crippen molar-refractivity contribution in [3.63, 3.8) is 0 Å². The number of carbonyl (C=O) groups is 1. The average Bonchev–Trinajstić information content (AvgIpc) is 3.01. The number of methoxy groups -OCH3 is 1. The number of hydrogen-bond donors (Lipinski definition) is 1. The van der Waals surface area contributed by atoms with Gasteiger partial charge in [-0.05, 0) is 0 Å². The predicted molar refractivity (Wildman–Crippen MR) is 85.8 cm³/mol. The summed E-state index contributed by atoms with van der Waals surface area (Å²) in [5, 5.41) is 16.9. The van der Waals surface area contributed by atoms with Crippen LogP contribution >= 0.6 is 11.3 Å². The maximum absolute atomic E-state index is 11.4. The van der Waals surface area contributed by atoms with Gasteiger partial charge in [-0.15, -0.1) is 11.3 Å². The first kappa shape index (κ1) is 16.8. The summed E-state index contributed by atoms with van der Waals surface area (Å²) < 4.78 is 4.53. The van der Waals surface area contributed by atoms with E-state index in [-0.39, 0.29) is 17.1 Å². The van der Waals surface area contributed by atoms with Crippen molar-refractivity contribution in [2.75, 3.05) is 12.4 Å². The lowest BCUT2D eigenvalue weighted by Gasteiger charge is -2.06. The molecule has 0 amide bonds. The second kappa shape index (κ2) is 7.14. The number of thiazole rings is 1. The Balaban J connectivity index is 2.18. The predicted octanol–water partition coefficient (Wildman–Crippen LogP) is 2.97. The van der Waals surface area contributed by atoms with Gasteiger partial charge < -0.3 is 10.1 Å². The lowest BCUT2D eigenvalue weighted by molar-refractivity contribution is -0.384. The highest BCUT2D eigenvalue weighted by Crippen LogP contribution is 2.24. The summed E-state index contributed by atoms with van der Waals surface area (Å²) in [6.45, 7) is 4.41. The van der Waals surface area contributed by atoms with Gasteiger partial charge in [-0.1, -0.05) is 13.8 Å². The Bertz CT molecular complexity index is 729. The molecule has 0 fully saturated rings. The number of pyridine rings is 1. The van der Waals surface area contributed by atoms with Crippen LogP contribution in [0.5, 0.6) is 0 Å². The molecule has 8 nitrogen and oxygen atoms in total. The Kier molecular flexibility index (Phi) is 5.22. The largest absolute Gasteiger partial charge is 0.465 e. The van der Waals surface area contributed by atoms with E-state index in [0.717, 1.165) is 16.8 Å². The summed E-state index contributed by atoms with van der Waals surface area (Å²) in [6, 6.07) is 1.14. The van der Waals surface area contributed by atoms with Gasteiger partial charge in [-0.3, -0.25) is 10.1 Å². The maximum Gasteiger partial charge on any atom is 0.339 e. The molecule has 0 aliphatic carbocycles. The van der Waals surface area contributed by atoms with Crippen molar-refractivity contribution in [1.82, 2.24) is 9.97 Å². The number of nitro groups is 1. The van der Waals surface area contributed by atoms with Gasteiger partial charge in [0.2, 0.25) is 5.82 Å². The molecule has 0 bridgehead atoms. The highest BCUT2D eigenvalue weighted by atomic mass is 32.1. The molecule has 0 aliphatic rings. The van der Waals surface area contributed by atoms with Gasteiger partial charge in [0.15, 0.2) is 0 Å². The highest BCUT2D eigenvalue weighted by Gasteiger charge is 2.19. The van der Waals surface area contributed by atoms with Crippen LogP contribution in [0.4, 0.5) is 11.5 Å². The molecule has 2 aromatic rings. The van der Waals surface area contributed by atoms with Crippen molar-refractivity contribution < 1.29 is 14.5 Å². The van der Waals surface area contributed by atoms with Crippen LogP contribution in [0.15, 0.2) is 17.6 Å². The van der Waals surface area contributed by atoms with E-state index >= 15 is 0 Å². The quantitative estimate of drug-likeness (QED) is 0.491. The molecule has 0 radical (unpaired) electrons. The van der Waals surface area contributed by atoms with Gasteiger partial charge >= 0.3 is 11.7 Å². The third-order valence-electron chi connectivity index (χ3n) is 2.99. The second-order valence-corrected chi connectivity index (χ2v) is 5.92. The molecule has 0 aliphatic heterocycles. The molecule has 0 saturated carbocycles. The van der Waals surface area contributed by atoms with Crippen molar-refractivity contribution in [2.45, 2.75) is 26.3 Å². The first-order valence-electron chi connectivity index (χ1n) is 6.83. The van der Waals surface area contributed by atoms with Crippen LogP contribution in [0.1, 0.15) is 40.8 Å². The topological polar surface area (TPSA) is 107 Å². The minimum Gasteiger partial charge on any atom is -0.465 e. The molecule has 0 atom stereocenters. The molecule has 2 rings (SSSR count). The lowest BCUT2D eigenvalue weighted by atomic mass is 10.2. The van der Waals surface area contributed by atoms with Crippen LogP contribution in [0, 0.1) is 10.1 Å². The number of aromatic nitrogens is 2. The van der Waals surface area contributed by atoms with Crippen molar-refractivity contribution >= 4 is 28.8 Å². The van der Waals surface area contributed by atoms with Crippen molar-refractivity contribution in [3.8, 4) is 0 Å². The first-order chi connectivity index (χ1) is 10.9. The fourth-order valence-corrected chi connectivity index (χ4v) is 2.64. The van der Waals surface area contributed by atoms with E-state index in [0.29, 0.717) is 12.5 Å². The fourth-order valence-electron chi connectivity index (χ4n) is 1.80. The molecule has 1 N–H and O–H groups in total. The second-order valence-electron chi connectivity index (χ2n) is 5.03. The van der Waals surface area contributed by atoms with Gasteiger partial charge in [-0.25, -0.2) is 14.8 Å². The van der Waals surface area contributed by atoms with Crippen LogP contribution in [-0.4, -0.2) is 28.0 Å². The smallest absolute Gasteiger partial charge is 0.339 e. The molecule has 0 spiro atoms. The molecule has 2 heterocycles. The first-order valence-corrected chi connectivity index (χ1v) is 7.71. The lowest BCUT2D eigenvalue weighted by Crippen LogP contribution is -2.08. The van der Waals surface area contributed by atoms with Gasteiger partial charge in [-0.2, -0.15) is 0 Å². The molecule has 0 aromatic carbocycles. The summed E-state index contributed by atoms with van der Waals surface area (Å²) in [5.41, 5.74) is 0.527. The van der Waals surface area contributed by atoms with E-state index in [9.17, 15) is 14.9 Å².